The average molecular weight is 573 g/mol. The molecule has 4 rings (SSSR count). The van der Waals surface area contributed by atoms with E-state index in [1.807, 2.05) is 43.3 Å². The molecule has 0 bridgehead atoms. The molecule has 40 heavy (non-hydrogen) atoms. The number of aliphatic hydroxyl groups excluding tert-OH is 1. The molecule has 2 unspecified atom stereocenters. The van der Waals surface area contributed by atoms with Crippen LogP contribution < -0.4 is 20.3 Å². The fraction of sp³-hybridized carbons (Fsp3) is 0.581. The number of aliphatic hydroxyl groups is 1. The molecule has 2 fully saturated rings. The van der Waals surface area contributed by atoms with Crippen LogP contribution in [-0.2, 0) is 6.42 Å². The Morgan fingerprint density at radius 2 is 1.85 bits per heavy atom. The van der Waals surface area contributed by atoms with Crippen molar-refractivity contribution >= 4 is 28.1 Å². The van der Waals surface area contributed by atoms with E-state index in [0.29, 0.717) is 49.0 Å². The third-order valence-electron chi connectivity index (χ3n) is 8.05. The molecule has 1 saturated heterocycles. The van der Waals surface area contributed by atoms with Gasteiger partial charge in [-0.05, 0) is 81.5 Å². The largest absolute Gasteiger partial charge is 0.390 e. The predicted octanol–water partition coefficient (Wildman–Crippen LogP) is 5.64. The monoisotopic (exact) mass is 572 g/mol. The number of benzene rings is 2. The van der Waals surface area contributed by atoms with Gasteiger partial charge in [0.1, 0.15) is 0 Å². The number of nitrogens with zero attached hydrogens (tertiary/aromatic N) is 1. The summed E-state index contributed by atoms with van der Waals surface area (Å²) in [6, 6.07) is 14.8. The first-order valence-corrected chi connectivity index (χ1v) is 16.5. The highest BCUT2D eigenvalue weighted by Crippen LogP contribution is 2.50. The summed E-state index contributed by atoms with van der Waals surface area (Å²) in [5, 5.41) is 21.3. The third kappa shape index (κ3) is 8.36. The normalized spacial score (nSPS) is 20.0. The number of nitrogens with one attached hydrogen (secondary N) is 3. The Bertz CT molecular complexity index is 1110. The fourth-order valence-electron chi connectivity index (χ4n) is 5.40. The smallest absolute Gasteiger partial charge is 0.251 e. The molecule has 0 aromatic heterocycles. The van der Waals surface area contributed by atoms with Crippen LogP contribution in [0.1, 0.15) is 75.2 Å². The molecular formula is C31H48N4O4S. The van der Waals surface area contributed by atoms with Gasteiger partial charge in [0, 0.05) is 36.4 Å². The lowest BCUT2D eigenvalue weighted by atomic mass is 9.98. The Labute approximate surface area is 241 Å². The molecule has 1 amide bonds. The Morgan fingerprint density at radius 1 is 1.10 bits per heavy atom. The molecule has 0 radical (unpaired) electrons. The lowest BCUT2D eigenvalue weighted by Gasteiger charge is -2.47. The van der Waals surface area contributed by atoms with E-state index in [1.165, 1.54) is 0 Å². The zero-order chi connectivity index (χ0) is 28.8. The lowest BCUT2D eigenvalue weighted by Crippen LogP contribution is -2.50. The van der Waals surface area contributed by atoms with Gasteiger partial charge in [0.05, 0.1) is 23.6 Å². The Morgan fingerprint density at radius 3 is 2.50 bits per heavy atom. The maximum absolute atomic E-state index is 13.7. The van der Waals surface area contributed by atoms with Gasteiger partial charge in [-0.15, -0.1) is 10.8 Å². The number of carbonyl (C=O) groups is 1. The van der Waals surface area contributed by atoms with Gasteiger partial charge in [-0.25, -0.2) is 0 Å². The molecule has 1 heterocycles. The second-order valence-corrected chi connectivity index (χ2v) is 14.0. The van der Waals surface area contributed by atoms with Crippen LogP contribution >= 0.6 is 10.8 Å². The molecule has 9 heteroatoms. The van der Waals surface area contributed by atoms with Gasteiger partial charge in [-0.2, -0.15) is 0 Å². The number of amides is 1. The molecule has 1 aliphatic carbocycles. The first-order valence-electron chi connectivity index (χ1n) is 14.8. The quantitative estimate of drug-likeness (QED) is 0.173. The van der Waals surface area contributed by atoms with E-state index in [0.717, 1.165) is 49.8 Å². The van der Waals surface area contributed by atoms with Gasteiger partial charge in [-0.1, -0.05) is 44.2 Å². The lowest BCUT2D eigenvalue weighted by molar-refractivity contribution is 0.0821. The second-order valence-electron chi connectivity index (χ2n) is 11.9. The topological polar surface area (TPSA) is 117 Å². The maximum atomic E-state index is 13.7. The number of hydrogen-bond donors (Lipinski definition) is 6. The van der Waals surface area contributed by atoms with Crippen molar-refractivity contribution in [3.05, 3.63) is 59.7 Å². The molecule has 222 valence electrons. The first-order chi connectivity index (χ1) is 19.1. The summed E-state index contributed by atoms with van der Waals surface area (Å²) in [7, 11) is -2.93. The van der Waals surface area contributed by atoms with Crippen LogP contribution in [0.2, 0.25) is 0 Å². The van der Waals surface area contributed by atoms with Crippen LogP contribution in [0.5, 0.6) is 0 Å². The maximum Gasteiger partial charge on any atom is 0.251 e. The van der Waals surface area contributed by atoms with Gasteiger partial charge in [0.15, 0.2) is 0 Å². The standard InChI is InChI=1S/C31H48N4O4S/c1-4-32-26-19-25(20-27(21-26)35-16-8-9-17-40(35,38)39)30(37)34-28(18-24-10-6-5-7-11-24)29(36)22-33-31(14-15-31)13-12-23(2)3/h5-7,10-11,19-21,23,28-29,32-33,36,38-39H,4,8-9,12-18,22H2,1-3H3,(H,34,37). The summed E-state index contributed by atoms with van der Waals surface area (Å²) in [5.41, 5.74) is 2.93. The van der Waals surface area contributed by atoms with E-state index in [2.05, 4.69) is 29.8 Å². The van der Waals surface area contributed by atoms with Crippen molar-refractivity contribution in [2.24, 2.45) is 5.92 Å². The molecule has 2 atom stereocenters. The molecular weight excluding hydrogens is 524 g/mol. The number of anilines is 2. The van der Waals surface area contributed by atoms with E-state index in [-0.39, 0.29) is 11.4 Å². The molecule has 2 aliphatic rings. The summed E-state index contributed by atoms with van der Waals surface area (Å²) < 4.78 is 23.1. The molecule has 1 aliphatic heterocycles. The minimum atomic E-state index is -2.93. The third-order valence-corrected chi connectivity index (χ3v) is 9.99. The van der Waals surface area contributed by atoms with Crippen molar-refractivity contribution in [1.29, 1.82) is 0 Å². The zero-order valence-electron chi connectivity index (χ0n) is 24.2. The minimum absolute atomic E-state index is 0.111. The summed E-state index contributed by atoms with van der Waals surface area (Å²) in [6.45, 7) is 8.06. The van der Waals surface area contributed by atoms with Crippen LogP contribution in [0.15, 0.2) is 48.5 Å². The molecule has 8 nitrogen and oxygen atoms in total. The van der Waals surface area contributed by atoms with E-state index in [9.17, 15) is 19.0 Å². The number of hydrogen-bond acceptors (Lipinski definition) is 7. The van der Waals surface area contributed by atoms with Crippen molar-refractivity contribution in [3.63, 3.8) is 0 Å². The summed E-state index contributed by atoms with van der Waals surface area (Å²) in [6.07, 6.45) is 5.86. The van der Waals surface area contributed by atoms with Crippen LogP contribution in [0, 0.1) is 5.92 Å². The average Bonchev–Trinajstić information content (AvgIpc) is 3.70. The molecule has 2 aromatic rings. The highest BCUT2D eigenvalue weighted by Gasteiger charge is 2.42. The molecule has 1 saturated carbocycles. The molecule has 0 spiro atoms. The van der Waals surface area contributed by atoms with Crippen LogP contribution in [0.3, 0.4) is 0 Å². The van der Waals surface area contributed by atoms with Crippen molar-refractivity contribution in [1.82, 2.24) is 10.6 Å². The number of β-amino-alcohol motifs (C(OH)–C–C–N with tert-alkyl or cyclic N) is 1. The van der Waals surface area contributed by atoms with Crippen LogP contribution in [0.25, 0.3) is 0 Å². The van der Waals surface area contributed by atoms with Crippen LogP contribution in [0.4, 0.5) is 11.4 Å². The number of rotatable bonds is 14. The molecule has 6 N–H and O–H groups in total. The number of carbonyl (C=O) groups excluding carboxylic acids is 1. The van der Waals surface area contributed by atoms with E-state index < -0.39 is 22.9 Å². The summed E-state index contributed by atoms with van der Waals surface area (Å²) in [5.74, 6) is 0.678. The Hall–Kier alpha value is -2.30. The van der Waals surface area contributed by atoms with Crippen molar-refractivity contribution in [2.45, 2.75) is 83.4 Å². The fourth-order valence-corrected chi connectivity index (χ4v) is 7.07. The van der Waals surface area contributed by atoms with Gasteiger partial charge >= 0.3 is 0 Å². The SMILES string of the molecule is CCNc1cc(C(=O)NC(Cc2ccccc2)C(O)CNC2(CCC(C)C)CC2)cc(N2CCCCS2(O)O)c1. The van der Waals surface area contributed by atoms with Crippen molar-refractivity contribution in [2.75, 3.05) is 35.0 Å². The van der Waals surface area contributed by atoms with Gasteiger partial charge in [0.25, 0.3) is 5.91 Å². The first kappa shape index (κ1) is 30.7. The summed E-state index contributed by atoms with van der Waals surface area (Å²) in [4.78, 5) is 13.7. The van der Waals surface area contributed by atoms with E-state index in [4.69, 9.17) is 0 Å². The van der Waals surface area contributed by atoms with Crippen molar-refractivity contribution in [3.8, 4) is 0 Å². The van der Waals surface area contributed by atoms with Gasteiger partial charge in [-0.3, -0.25) is 18.2 Å². The minimum Gasteiger partial charge on any atom is -0.390 e. The predicted molar refractivity (Wildman–Crippen MR) is 166 cm³/mol. The van der Waals surface area contributed by atoms with E-state index in [1.54, 1.807) is 16.4 Å². The highest BCUT2D eigenvalue weighted by atomic mass is 32.3. The second kappa shape index (κ2) is 13.6. The highest BCUT2D eigenvalue weighted by molar-refractivity contribution is 8.25. The molecule has 2 aromatic carbocycles. The van der Waals surface area contributed by atoms with Crippen molar-refractivity contribution < 1.29 is 19.0 Å². The Balaban J connectivity index is 1.52. The van der Waals surface area contributed by atoms with E-state index >= 15 is 0 Å². The Kier molecular flexibility index (Phi) is 10.4. The van der Waals surface area contributed by atoms with Gasteiger partial charge < -0.3 is 21.1 Å². The van der Waals surface area contributed by atoms with Crippen LogP contribution in [-0.4, -0.2) is 63.2 Å². The summed E-state index contributed by atoms with van der Waals surface area (Å²) >= 11 is 0. The van der Waals surface area contributed by atoms with Gasteiger partial charge in [0.2, 0.25) is 0 Å². The zero-order valence-corrected chi connectivity index (χ0v) is 25.1.